The lowest BCUT2D eigenvalue weighted by atomic mass is 9.96. The number of nitrogens with one attached hydrogen (secondary N) is 2. The van der Waals surface area contributed by atoms with Crippen LogP contribution in [0.4, 0.5) is 5.82 Å². The van der Waals surface area contributed by atoms with Crippen LogP contribution in [0, 0.1) is 5.92 Å². The number of aliphatic imine (C=N–C) groups is 1. The van der Waals surface area contributed by atoms with E-state index in [1.807, 2.05) is 116 Å². The number of hydrogen-bond donors (Lipinski definition) is 2. The molecule has 2 N–H and O–H groups in total. The van der Waals surface area contributed by atoms with Gasteiger partial charge in [-0.05, 0) is 95.8 Å². The van der Waals surface area contributed by atoms with Crippen LogP contribution in [-0.2, 0) is 17.4 Å². The standard InChI is InChI=1S/C11H14N2.C10H13N3.C10H13N2.C10H11NS.C9H11N3.4C9H10N2S/c1-11(2,3)10-12-8-6-4-5-7-9(8)13-10;1-10(2,3)9-12-7-4-5-11-6-8(7)13-9;1-8(2)9-7-12-6-4-3-5-10(12)11-9;1-7(2)10-11-8-5-3-4-6-9(8)12-10;1-7(2)8-6-12-9(11-8)4-3-5-10-12;1-6(2)9-11-7-5-10-4-3-8(7)12-9;1-6(2)9-11-7-3-4-10-5-8(7)12-9;1-6(2)9-11-8-7(12-9)4-3-5-10-8;1-6(2)8-11-7-4-3-5-10-9(7)12-8/h4-7H,1-3H3,(H,12,13);4-6H,1-3H3,(H,12,13);3-6,8H,7H2,1-2H3;2*3-7H,1-2H3;4*3-6H,1-2H3/q;;+1;;;;;;. The van der Waals surface area contributed by atoms with Crippen LogP contribution in [0.2, 0.25) is 0 Å². The fraction of sp³-hybridized carbons (Fsp3) is 0.349. The summed E-state index contributed by atoms with van der Waals surface area (Å²) in [5.41, 5.74) is 12.7. The molecule has 16 heterocycles. The first kappa shape index (κ1) is 82.5. The molecule has 2 aromatic carbocycles. The highest BCUT2D eigenvalue weighted by atomic mass is 32.1. The first-order valence-electron chi connectivity index (χ1n) is 37.4. The molecular weight excluding hydrogens is 1460 g/mol. The van der Waals surface area contributed by atoms with E-state index in [1.165, 1.54) is 49.5 Å². The lowest BCUT2D eigenvalue weighted by molar-refractivity contribution is -0.664. The molecule has 19 nitrogen and oxygen atoms in total. The molecule has 0 bridgehead atoms. The molecule has 0 radical (unpaired) electrons. The summed E-state index contributed by atoms with van der Waals surface area (Å²) in [6.07, 6.45) is 20.3. The van der Waals surface area contributed by atoms with E-state index in [2.05, 4.69) is 270 Å². The Balaban J connectivity index is 0.000000132. The molecule has 1 aliphatic heterocycles. The predicted molar refractivity (Wildman–Crippen MR) is 463 cm³/mol. The third-order valence-corrected chi connectivity index (χ3v) is 23.2. The maximum absolute atomic E-state index is 4.53. The Morgan fingerprint density at radius 3 is 1.45 bits per heavy atom. The minimum Gasteiger partial charge on any atom is -0.342 e. The molecule has 0 unspecified atom stereocenters. The van der Waals surface area contributed by atoms with Crippen molar-refractivity contribution in [1.82, 2.24) is 84.4 Å². The fourth-order valence-corrected chi connectivity index (χ4v) is 15.0. The van der Waals surface area contributed by atoms with E-state index in [9.17, 15) is 0 Å². The second-order valence-electron chi connectivity index (χ2n) is 30.5. The van der Waals surface area contributed by atoms with Gasteiger partial charge in [0, 0.05) is 95.8 Å². The molecule has 0 fully saturated rings. The Morgan fingerprint density at radius 2 is 0.873 bits per heavy atom. The van der Waals surface area contributed by atoms with Crippen molar-refractivity contribution < 1.29 is 4.57 Å². The number of nitrogens with zero attached hydrogens (tertiary/aromatic N) is 17. The number of fused-ring (bicyclic) bond motifs is 9. The van der Waals surface area contributed by atoms with Gasteiger partial charge in [-0.15, -0.1) is 45.3 Å². The third-order valence-electron chi connectivity index (χ3n) is 16.7. The SMILES string of the molecule is CC(C)(C)c1nc2ccccc2[nH]1.CC(C)(C)c1nc2ccncc2[nH]1.CC(C)C1=Nc2cccc[n+]2C1.CC(C)c1cn2ncccc2n1.CC(C)c1nc2ccccc2s1.CC(C)c1nc2cccnc2s1.CC(C)c1nc2ccncc2s1.CC(C)c1nc2cnccc2s1.CC(C)c1nc2ncccc2s1. The summed E-state index contributed by atoms with van der Waals surface area (Å²) < 4.78 is 8.86. The summed E-state index contributed by atoms with van der Waals surface area (Å²) in [7, 11) is 0. The van der Waals surface area contributed by atoms with Gasteiger partial charge in [0.05, 0.1) is 113 Å². The molecule has 24 heteroatoms. The molecule has 0 aliphatic carbocycles. The lowest BCUT2D eigenvalue weighted by Crippen LogP contribution is -2.33. The van der Waals surface area contributed by atoms with E-state index in [0.29, 0.717) is 41.4 Å². The number of aromatic amines is 2. The summed E-state index contributed by atoms with van der Waals surface area (Å²) >= 11 is 8.70. The molecule has 570 valence electrons. The van der Waals surface area contributed by atoms with Crippen LogP contribution < -0.4 is 4.57 Å². The van der Waals surface area contributed by atoms with Gasteiger partial charge in [-0.25, -0.2) is 58.9 Å². The number of hydrogen-bond acceptors (Lipinski definition) is 20. The first-order valence-corrected chi connectivity index (χ1v) is 41.4. The molecule has 18 rings (SSSR count). The van der Waals surface area contributed by atoms with Crippen LogP contribution in [0.5, 0.6) is 0 Å². The minimum absolute atomic E-state index is 0.0685. The topological polar surface area (TPSA) is 233 Å². The smallest absolute Gasteiger partial charge is 0.323 e. The average Bonchev–Trinajstić information content (AvgIpc) is 1.75. The van der Waals surface area contributed by atoms with Gasteiger partial charge in [-0.3, -0.25) is 15.0 Å². The van der Waals surface area contributed by atoms with Gasteiger partial charge in [0.2, 0.25) is 0 Å². The second-order valence-corrected chi connectivity index (χ2v) is 35.8. The number of benzene rings is 2. The van der Waals surface area contributed by atoms with Gasteiger partial charge in [-0.2, -0.15) is 5.10 Å². The van der Waals surface area contributed by atoms with Crippen molar-refractivity contribution in [2.75, 3.05) is 0 Å². The first-order chi connectivity index (χ1) is 52.5. The summed E-state index contributed by atoms with van der Waals surface area (Å²) in [6, 6.07) is 40.2. The molecule has 1 aliphatic rings. The Kier molecular flexibility index (Phi) is 28.6. The number of rotatable bonds is 7. The zero-order valence-corrected chi connectivity index (χ0v) is 70.9. The van der Waals surface area contributed by atoms with E-state index >= 15 is 0 Å². The number of thiazole rings is 5. The quantitative estimate of drug-likeness (QED) is 0.141. The summed E-state index contributed by atoms with van der Waals surface area (Å²) in [4.78, 5) is 68.5. The molecule has 0 saturated carbocycles. The van der Waals surface area contributed by atoms with Crippen molar-refractivity contribution in [3.05, 3.63) is 232 Å². The number of pyridine rings is 6. The highest BCUT2D eigenvalue weighted by Gasteiger charge is 2.25. The predicted octanol–water partition coefficient (Wildman–Crippen LogP) is 23.4. The normalized spacial score (nSPS) is 11.9. The van der Waals surface area contributed by atoms with Crippen molar-refractivity contribution in [2.45, 2.75) is 191 Å². The molecule has 0 spiro atoms. The molecule has 0 saturated heterocycles. The zero-order valence-electron chi connectivity index (χ0n) is 66.8. The summed E-state index contributed by atoms with van der Waals surface area (Å²) in [5.74, 6) is 6.75. The molecule has 0 amide bonds. The highest BCUT2D eigenvalue weighted by Crippen LogP contribution is 2.31. The monoisotopic (exact) mass is 1560 g/mol. The van der Waals surface area contributed by atoms with Gasteiger partial charge in [0.15, 0.2) is 23.6 Å². The van der Waals surface area contributed by atoms with Gasteiger partial charge in [0.1, 0.15) is 22.0 Å². The minimum atomic E-state index is 0.0685. The van der Waals surface area contributed by atoms with Crippen molar-refractivity contribution in [3.8, 4) is 0 Å². The number of aromatic nitrogens is 18. The fourth-order valence-electron chi connectivity index (χ4n) is 10.3. The molecular formula is C86H102N19S5+. The maximum atomic E-state index is 4.53. The van der Waals surface area contributed by atoms with Gasteiger partial charge < -0.3 is 9.97 Å². The van der Waals surface area contributed by atoms with Crippen molar-refractivity contribution >= 4 is 147 Å². The number of imidazole rings is 3. The van der Waals surface area contributed by atoms with Gasteiger partial charge in [0.25, 0.3) is 0 Å². The molecule has 17 aromatic rings. The lowest BCUT2D eigenvalue weighted by Gasteiger charge is -2.13. The van der Waals surface area contributed by atoms with Crippen LogP contribution >= 0.6 is 56.7 Å². The van der Waals surface area contributed by atoms with E-state index in [-0.39, 0.29) is 10.8 Å². The van der Waals surface area contributed by atoms with Crippen LogP contribution in [0.25, 0.3) is 79.1 Å². The van der Waals surface area contributed by atoms with Crippen molar-refractivity contribution in [2.24, 2.45) is 10.9 Å². The summed E-state index contributed by atoms with van der Waals surface area (Å²) in [6.45, 7) is 44.1. The maximum Gasteiger partial charge on any atom is 0.323 e. The van der Waals surface area contributed by atoms with Gasteiger partial charge in [-0.1, -0.05) is 180 Å². The van der Waals surface area contributed by atoms with Crippen molar-refractivity contribution in [1.29, 1.82) is 0 Å². The molecule has 110 heavy (non-hydrogen) atoms. The van der Waals surface area contributed by atoms with Crippen LogP contribution in [0.1, 0.15) is 216 Å². The van der Waals surface area contributed by atoms with Crippen LogP contribution in [0.3, 0.4) is 0 Å². The largest absolute Gasteiger partial charge is 0.342 e. The Morgan fingerprint density at radius 1 is 0.382 bits per heavy atom. The van der Waals surface area contributed by atoms with E-state index in [1.54, 1.807) is 92.2 Å². The number of para-hydroxylation sites is 3. The van der Waals surface area contributed by atoms with E-state index < -0.39 is 0 Å². The van der Waals surface area contributed by atoms with E-state index in [0.717, 1.165) is 90.0 Å². The van der Waals surface area contributed by atoms with E-state index in [4.69, 9.17) is 0 Å². The second kappa shape index (κ2) is 38.1. The van der Waals surface area contributed by atoms with Gasteiger partial charge >= 0.3 is 5.82 Å². The molecule has 15 aromatic heterocycles. The Labute approximate surface area is 665 Å². The van der Waals surface area contributed by atoms with Crippen LogP contribution in [0.15, 0.2) is 194 Å². The third kappa shape index (κ3) is 22.8. The Bertz CT molecular complexity index is 4800. The average molecular weight is 1560 g/mol. The zero-order chi connectivity index (χ0) is 78.8. The summed E-state index contributed by atoms with van der Waals surface area (Å²) in [5, 5.41) is 10.1. The van der Waals surface area contributed by atoms with Crippen LogP contribution in [-0.4, -0.2) is 90.1 Å². The number of H-pyrrole nitrogens is 2. The molecule has 0 atom stereocenters. The Hall–Kier alpha value is -9.98. The highest BCUT2D eigenvalue weighted by molar-refractivity contribution is 7.19. The van der Waals surface area contributed by atoms with Crippen molar-refractivity contribution in [3.63, 3.8) is 0 Å².